The van der Waals surface area contributed by atoms with E-state index in [4.69, 9.17) is 5.11 Å². The molecule has 7 N–H and O–H groups in total. The first-order chi connectivity index (χ1) is 12.1. The van der Waals surface area contributed by atoms with Gasteiger partial charge in [0.05, 0.1) is 24.8 Å². The molecule has 5 unspecified atom stereocenters. The molecule has 1 aliphatic rings. The van der Waals surface area contributed by atoms with E-state index in [-0.39, 0.29) is 0 Å². The highest BCUT2D eigenvalue weighted by molar-refractivity contribution is 5.93. The van der Waals surface area contributed by atoms with Gasteiger partial charge in [0, 0.05) is 0 Å². The van der Waals surface area contributed by atoms with Gasteiger partial charge in [-0.25, -0.2) is 4.79 Å². The highest BCUT2D eigenvalue weighted by Gasteiger charge is 2.31. The molecule has 1 aliphatic heterocycles. The molecule has 0 bridgehead atoms. The molecule has 0 aromatic rings. The normalized spacial score (nSPS) is 21.2. The van der Waals surface area contributed by atoms with E-state index in [1.54, 1.807) is 0 Å². The van der Waals surface area contributed by atoms with Crippen molar-refractivity contribution in [2.24, 2.45) is 0 Å². The lowest BCUT2D eigenvalue weighted by molar-refractivity contribution is -0.144. The summed E-state index contributed by atoms with van der Waals surface area (Å²) < 4.78 is 0. The smallest absolute Gasteiger partial charge is 0.328 e. The molecule has 11 nitrogen and oxygen atoms in total. The molecule has 1 saturated heterocycles. The minimum Gasteiger partial charge on any atom is -0.480 e. The number of hydrogen-bond donors (Lipinski definition) is 7. The number of aliphatic hydroxyl groups excluding tert-OH is 2. The standard InChI is InChI=1S/C15H26N4O7/c1-7(20)11(19-13(23)9-4-3-5-16-9)14(24)17-6-10(22)18-12(8(2)21)15(25)26/h7-9,11-12,16,20-21H,3-6H2,1-2H3,(H,17,24)(H,18,22)(H,19,23)(H,25,26). The Bertz CT molecular complexity index is 532. The van der Waals surface area contributed by atoms with Crippen LogP contribution in [-0.4, -0.2) is 82.4 Å². The maximum absolute atomic E-state index is 12.1. The van der Waals surface area contributed by atoms with Gasteiger partial charge in [0.2, 0.25) is 17.7 Å². The topological polar surface area (TPSA) is 177 Å². The molecule has 26 heavy (non-hydrogen) atoms. The van der Waals surface area contributed by atoms with E-state index in [0.29, 0.717) is 13.0 Å². The van der Waals surface area contributed by atoms with Crippen LogP contribution in [0.4, 0.5) is 0 Å². The molecule has 0 aliphatic carbocycles. The number of rotatable bonds is 9. The van der Waals surface area contributed by atoms with Crippen molar-refractivity contribution < 1.29 is 34.5 Å². The van der Waals surface area contributed by atoms with Crippen molar-refractivity contribution in [1.29, 1.82) is 0 Å². The molecule has 11 heteroatoms. The van der Waals surface area contributed by atoms with Crippen molar-refractivity contribution in [1.82, 2.24) is 21.3 Å². The van der Waals surface area contributed by atoms with Gasteiger partial charge in [0.25, 0.3) is 0 Å². The first kappa shape index (κ1) is 21.8. The number of carboxylic acids is 1. The monoisotopic (exact) mass is 374 g/mol. The fraction of sp³-hybridized carbons (Fsp3) is 0.733. The zero-order valence-corrected chi connectivity index (χ0v) is 14.7. The third-order valence-electron chi connectivity index (χ3n) is 3.93. The van der Waals surface area contributed by atoms with Gasteiger partial charge in [0.15, 0.2) is 6.04 Å². The fourth-order valence-electron chi connectivity index (χ4n) is 2.46. The molecule has 0 saturated carbocycles. The van der Waals surface area contributed by atoms with Crippen LogP contribution in [0.25, 0.3) is 0 Å². The van der Waals surface area contributed by atoms with Gasteiger partial charge < -0.3 is 36.6 Å². The van der Waals surface area contributed by atoms with Crippen LogP contribution >= 0.6 is 0 Å². The third kappa shape index (κ3) is 6.58. The molecule has 0 aromatic heterocycles. The number of carbonyl (C=O) groups is 4. The van der Waals surface area contributed by atoms with Gasteiger partial charge in [-0.1, -0.05) is 0 Å². The Morgan fingerprint density at radius 3 is 2.15 bits per heavy atom. The molecule has 5 atom stereocenters. The zero-order chi connectivity index (χ0) is 19.9. The number of aliphatic hydroxyl groups is 2. The average molecular weight is 374 g/mol. The van der Waals surface area contributed by atoms with Crippen LogP contribution in [0.5, 0.6) is 0 Å². The zero-order valence-electron chi connectivity index (χ0n) is 14.7. The van der Waals surface area contributed by atoms with Gasteiger partial charge in [-0.3, -0.25) is 14.4 Å². The van der Waals surface area contributed by atoms with Crippen molar-refractivity contribution in [3.05, 3.63) is 0 Å². The number of aliphatic carboxylic acids is 1. The lowest BCUT2D eigenvalue weighted by Gasteiger charge is -2.23. The average Bonchev–Trinajstić information content (AvgIpc) is 3.08. The number of carboxylic acid groups (broad SMARTS) is 1. The lowest BCUT2D eigenvalue weighted by atomic mass is 10.1. The van der Waals surface area contributed by atoms with Crippen LogP contribution in [0, 0.1) is 0 Å². The summed E-state index contributed by atoms with van der Waals surface area (Å²) >= 11 is 0. The van der Waals surface area contributed by atoms with E-state index < -0.39 is 60.6 Å². The summed E-state index contributed by atoms with van der Waals surface area (Å²) in [6, 6.07) is -3.21. The summed E-state index contributed by atoms with van der Waals surface area (Å²) in [5.74, 6) is -3.46. The van der Waals surface area contributed by atoms with Gasteiger partial charge in [-0.05, 0) is 33.2 Å². The van der Waals surface area contributed by atoms with Crippen LogP contribution in [0.3, 0.4) is 0 Å². The van der Waals surface area contributed by atoms with Crippen LogP contribution in [-0.2, 0) is 19.2 Å². The molecule has 1 rings (SSSR count). The molecule has 0 radical (unpaired) electrons. The molecule has 0 aromatic carbocycles. The summed E-state index contributed by atoms with van der Waals surface area (Å²) in [7, 11) is 0. The predicted octanol–water partition coefficient (Wildman–Crippen LogP) is -3.33. The lowest BCUT2D eigenvalue weighted by Crippen LogP contribution is -2.57. The molecule has 3 amide bonds. The van der Waals surface area contributed by atoms with Gasteiger partial charge >= 0.3 is 5.97 Å². The van der Waals surface area contributed by atoms with Gasteiger partial charge in [-0.2, -0.15) is 0 Å². The van der Waals surface area contributed by atoms with E-state index >= 15 is 0 Å². The molecule has 0 spiro atoms. The summed E-state index contributed by atoms with van der Waals surface area (Å²) in [5, 5.41) is 37.6. The van der Waals surface area contributed by atoms with E-state index in [0.717, 1.165) is 6.42 Å². The van der Waals surface area contributed by atoms with Crippen molar-refractivity contribution >= 4 is 23.7 Å². The van der Waals surface area contributed by atoms with Crippen molar-refractivity contribution in [3.63, 3.8) is 0 Å². The van der Waals surface area contributed by atoms with Crippen molar-refractivity contribution in [2.75, 3.05) is 13.1 Å². The van der Waals surface area contributed by atoms with E-state index in [9.17, 15) is 29.4 Å². The van der Waals surface area contributed by atoms with Gasteiger partial charge in [0.1, 0.15) is 6.04 Å². The minimum atomic E-state index is -1.51. The Morgan fingerprint density at radius 2 is 1.69 bits per heavy atom. The van der Waals surface area contributed by atoms with Crippen molar-refractivity contribution in [2.45, 2.75) is 57.0 Å². The Hall–Kier alpha value is -2.24. The molecular weight excluding hydrogens is 348 g/mol. The largest absolute Gasteiger partial charge is 0.480 e. The second-order valence-corrected chi connectivity index (χ2v) is 6.22. The molecule has 1 heterocycles. The number of hydrogen-bond acceptors (Lipinski definition) is 7. The maximum Gasteiger partial charge on any atom is 0.328 e. The first-order valence-electron chi connectivity index (χ1n) is 8.33. The SMILES string of the molecule is CC(O)C(NC(=O)CNC(=O)C(NC(=O)C1CCCN1)C(C)O)C(=O)O. The highest BCUT2D eigenvalue weighted by Crippen LogP contribution is 2.06. The Morgan fingerprint density at radius 1 is 1.08 bits per heavy atom. The Kier molecular flexibility index (Phi) is 8.42. The van der Waals surface area contributed by atoms with E-state index in [2.05, 4.69) is 21.3 Å². The highest BCUT2D eigenvalue weighted by atomic mass is 16.4. The Balaban J connectivity index is 2.54. The summed E-state index contributed by atoms with van der Waals surface area (Å²) in [4.78, 5) is 46.8. The quantitative estimate of drug-likeness (QED) is 0.219. The van der Waals surface area contributed by atoms with Crippen LogP contribution in [0.15, 0.2) is 0 Å². The predicted molar refractivity (Wildman–Crippen MR) is 88.9 cm³/mol. The summed E-state index contributed by atoms with van der Waals surface area (Å²) in [5.41, 5.74) is 0. The Labute approximate surface area is 150 Å². The summed E-state index contributed by atoms with van der Waals surface area (Å²) in [6.07, 6.45) is -1.07. The molecular formula is C15H26N4O7. The molecule has 148 valence electrons. The van der Waals surface area contributed by atoms with Crippen LogP contribution in [0.1, 0.15) is 26.7 Å². The van der Waals surface area contributed by atoms with Crippen LogP contribution in [0.2, 0.25) is 0 Å². The van der Waals surface area contributed by atoms with Crippen LogP contribution < -0.4 is 21.3 Å². The first-order valence-corrected chi connectivity index (χ1v) is 8.33. The fourth-order valence-corrected chi connectivity index (χ4v) is 2.46. The second kappa shape index (κ2) is 10.0. The second-order valence-electron chi connectivity index (χ2n) is 6.22. The minimum absolute atomic E-state index is 0.423. The number of nitrogens with one attached hydrogen (secondary N) is 4. The maximum atomic E-state index is 12.1. The van der Waals surface area contributed by atoms with Gasteiger partial charge in [-0.15, -0.1) is 0 Å². The van der Waals surface area contributed by atoms with E-state index in [1.807, 2.05) is 0 Å². The van der Waals surface area contributed by atoms with Crippen molar-refractivity contribution in [3.8, 4) is 0 Å². The number of carbonyl (C=O) groups excluding carboxylic acids is 3. The molecule has 1 fully saturated rings. The third-order valence-corrected chi connectivity index (χ3v) is 3.93. The summed E-state index contributed by atoms with van der Waals surface area (Å²) in [6.45, 7) is 2.64. The van der Waals surface area contributed by atoms with E-state index in [1.165, 1.54) is 13.8 Å². The number of amides is 3.